The molecular weight excluding hydrogens is 430 g/mol. The molecular formula is C22H21N5O2S2. The normalized spacial score (nSPS) is 10.8. The van der Waals surface area contributed by atoms with E-state index in [1.807, 2.05) is 71.5 Å². The number of carbonyl (C=O) groups excluding carboxylic acids is 1. The number of thiazole rings is 1. The van der Waals surface area contributed by atoms with Crippen LogP contribution in [0.3, 0.4) is 0 Å². The van der Waals surface area contributed by atoms with Gasteiger partial charge in [-0.05, 0) is 31.2 Å². The smallest absolute Gasteiger partial charge is 0.236 e. The van der Waals surface area contributed by atoms with Gasteiger partial charge in [-0.25, -0.2) is 4.98 Å². The summed E-state index contributed by atoms with van der Waals surface area (Å²) in [6.07, 6.45) is 0. The molecule has 0 aliphatic carbocycles. The Hall–Kier alpha value is -3.17. The molecule has 0 spiro atoms. The van der Waals surface area contributed by atoms with Crippen LogP contribution in [0.15, 0.2) is 65.1 Å². The van der Waals surface area contributed by atoms with Gasteiger partial charge in [0.05, 0.1) is 18.6 Å². The molecule has 2 aromatic carbocycles. The molecule has 0 atom stereocenters. The van der Waals surface area contributed by atoms with Crippen molar-refractivity contribution in [2.45, 2.75) is 18.6 Å². The van der Waals surface area contributed by atoms with Crippen LogP contribution in [0.5, 0.6) is 5.75 Å². The van der Waals surface area contributed by atoms with Crippen molar-refractivity contribution in [2.75, 3.05) is 18.2 Å². The first-order chi connectivity index (χ1) is 15.2. The van der Waals surface area contributed by atoms with Crippen LogP contribution in [0.25, 0.3) is 22.6 Å². The Morgan fingerprint density at radius 2 is 1.87 bits per heavy atom. The number of rotatable bonds is 8. The Labute approximate surface area is 188 Å². The quantitative estimate of drug-likeness (QED) is 0.387. The number of methoxy groups -OCH3 is 1. The fourth-order valence-corrected chi connectivity index (χ4v) is 4.53. The number of aromatic nitrogens is 4. The van der Waals surface area contributed by atoms with E-state index in [4.69, 9.17) is 4.74 Å². The first-order valence-corrected chi connectivity index (χ1v) is 11.6. The molecule has 4 rings (SSSR count). The number of hydrogen-bond acceptors (Lipinski definition) is 7. The van der Waals surface area contributed by atoms with Crippen molar-refractivity contribution in [3.63, 3.8) is 0 Å². The molecule has 9 heteroatoms. The van der Waals surface area contributed by atoms with Crippen LogP contribution in [-0.4, -0.2) is 38.5 Å². The highest BCUT2D eigenvalue weighted by Crippen LogP contribution is 2.27. The van der Waals surface area contributed by atoms with E-state index in [9.17, 15) is 4.79 Å². The number of thioether (sulfide) groups is 1. The van der Waals surface area contributed by atoms with Crippen molar-refractivity contribution in [3.8, 4) is 28.4 Å². The van der Waals surface area contributed by atoms with Gasteiger partial charge in [-0.1, -0.05) is 42.1 Å². The molecule has 0 saturated carbocycles. The third-order valence-electron chi connectivity index (χ3n) is 4.53. The molecule has 158 valence electrons. The van der Waals surface area contributed by atoms with Crippen LogP contribution in [0.4, 0.5) is 5.13 Å². The Bertz CT molecular complexity index is 1160. The predicted molar refractivity (Wildman–Crippen MR) is 125 cm³/mol. The molecule has 31 heavy (non-hydrogen) atoms. The SMILES string of the molecule is CCn1c(SCC(=O)Nc2nc(-c3ccc(OC)cc3)cs2)nnc1-c1ccccc1. The molecule has 1 amide bonds. The Balaban J connectivity index is 1.38. The summed E-state index contributed by atoms with van der Waals surface area (Å²) in [6, 6.07) is 17.6. The Morgan fingerprint density at radius 1 is 1.10 bits per heavy atom. The summed E-state index contributed by atoms with van der Waals surface area (Å²) in [6.45, 7) is 2.76. The van der Waals surface area contributed by atoms with Crippen LogP contribution in [0.1, 0.15) is 6.92 Å². The van der Waals surface area contributed by atoms with E-state index in [0.29, 0.717) is 5.13 Å². The van der Waals surface area contributed by atoms with E-state index in [0.717, 1.165) is 40.1 Å². The van der Waals surface area contributed by atoms with E-state index in [2.05, 4.69) is 20.5 Å². The lowest BCUT2D eigenvalue weighted by Crippen LogP contribution is -2.14. The standard InChI is InChI=1S/C22H21N5O2S2/c1-3-27-20(16-7-5-4-6-8-16)25-26-22(27)31-14-19(28)24-21-23-18(13-30-21)15-9-11-17(29-2)12-10-15/h4-13H,3,14H2,1-2H3,(H,23,24,28). The molecule has 2 heterocycles. The highest BCUT2D eigenvalue weighted by molar-refractivity contribution is 7.99. The molecule has 1 N–H and O–H groups in total. The van der Waals surface area contributed by atoms with Crippen molar-refractivity contribution < 1.29 is 9.53 Å². The lowest BCUT2D eigenvalue weighted by Gasteiger charge is -2.07. The van der Waals surface area contributed by atoms with E-state index >= 15 is 0 Å². The average molecular weight is 452 g/mol. The number of benzene rings is 2. The molecule has 0 unspecified atom stereocenters. The summed E-state index contributed by atoms with van der Waals surface area (Å²) in [5, 5.41) is 14.7. The van der Waals surface area contributed by atoms with E-state index in [1.54, 1.807) is 7.11 Å². The predicted octanol–water partition coefficient (Wildman–Crippen LogP) is 4.83. The van der Waals surface area contributed by atoms with Crippen LogP contribution in [0, 0.1) is 0 Å². The topological polar surface area (TPSA) is 81.9 Å². The largest absolute Gasteiger partial charge is 0.497 e. The number of ether oxygens (including phenoxy) is 1. The minimum atomic E-state index is -0.132. The number of amides is 1. The summed E-state index contributed by atoms with van der Waals surface area (Å²) < 4.78 is 7.19. The summed E-state index contributed by atoms with van der Waals surface area (Å²) in [7, 11) is 1.63. The van der Waals surface area contributed by atoms with Gasteiger partial charge in [-0.3, -0.25) is 4.79 Å². The van der Waals surface area contributed by atoms with E-state index in [-0.39, 0.29) is 11.7 Å². The highest BCUT2D eigenvalue weighted by atomic mass is 32.2. The number of nitrogens with one attached hydrogen (secondary N) is 1. The lowest BCUT2D eigenvalue weighted by molar-refractivity contribution is -0.113. The number of nitrogens with zero attached hydrogens (tertiary/aromatic N) is 4. The van der Waals surface area contributed by atoms with Crippen molar-refractivity contribution in [3.05, 3.63) is 60.0 Å². The molecule has 0 fully saturated rings. The monoisotopic (exact) mass is 451 g/mol. The maximum absolute atomic E-state index is 12.5. The van der Waals surface area contributed by atoms with Gasteiger partial charge in [0, 0.05) is 23.1 Å². The zero-order chi connectivity index (χ0) is 21.6. The van der Waals surface area contributed by atoms with Gasteiger partial charge in [0.2, 0.25) is 5.91 Å². The second-order valence-corrected chi connectivity index (χ2v) is 8.32. The third kappa shape index (κ3) is 4.95. The number of hydrogen-bond donors (Lipinski definition) is 1. The number of anilines is 1. The fourth-order valence-electron chi connectivity index (χ4n) is 2.99. The number of carbonyl (C=O) groups is 1. The highest BCUT2D eigenvalue weighted by Gasteiger charge is 2.15. The van der Waals surface area contributed by atoms with Crippen LogP contribution < -0.4 is 10.1 Å². The lowest BCUT2D eigenvalue weighted by atomic mass is 10.2. The van der Waals surface area contributed by atoms with Gasteiger partial charge >= 0.3 is 0 Å². The molecule has 0 aliphatic heterocycles. The Morgan fingerprint density at radius 3 is 2.58 bits per heavy atom. The molecule has 0 aliphatic rings. The van der Waals surface area contributed by atoms with Crippen LogP contribution in [0.2, 0.25) is 0 Å². The first kappa shape index (κ1) is 21.1. The maximum atomic E-state index is 12.5. The van der Waals surface area contributed by atoms with Gasteiger partial charge in [-0.15, -0.1) is 21.5 Å². The van der Waals surface area contributed by atoms with E-state index < -0.39 is 0 Å². The van der Waals surface area contributed by atoms with Gasteiger partial charge in [0.15, 0.2) is 16.1 Å². The average Bonchev–Trinajstić information content (AvgIpc) is 3.45. The molecule has 2 aromatic heterocycles. The molecule has 0 bridgehead atoms. The van der Waals surface area contributed by atoms with Crippen LogP contribution >= 0.6 is 23.1 Å². The Kier molecular flexibility index (Phi) is 6.63. The van der Waals surface area contributed by atoms with E-state index in [1.165, 1.54) is 23.1 Å². The zero-order valence-corrected chi connectivity index (χ0v) is 18.7. The second kappa shape index (κ2) is 9.76. The van der Waals surface area contributed by atoms with Crippen molar-refractivity contribution >= 4 is 34.1 Å². The summed E-state index contributed by atoms with van der Waals surface area (Å²) in [4.78, 5) is 17.0. The van der Waals surface area contributed by atoms with Gasteiger partial charge in [0.25, 0.3) is 0 Å². The van der Waals surface area contributed by atoms with Gasteiger partial charge in [0.1, 0.15) is 5.75 Å². The van der Waals surface area contributed by atoms with Crippen molar-refractivity contribution in [1.82, 2.24) is 19.7 Å². The van der Waals surface area contributed by atoms with Gasteiger partial charge < -0.3 is 14.6 Å². The van der Waals surface area contributed by atoms with Crippen molar-refractivity contribution in [1.29, 1.82) is 0 Å². The first-order valence-electron chi connectivity index (χ1n) is 9.69. The summed E-state index contributed by atoms with van der Waals surface area (Å²) >= 11 is 2.76. The van der Waals surface area contributed by atoms with Crippen LogP contribution in [-0.2, 0) is 11.3 Å². The maximum Gasteiger partial charge on any atom is 0.236 e. The fraction of sp³-hybridized carbons (Fsp3) is 0.182. The second-order valence-electron chi connectivity index (χ2n) is 6.52. The molecule has 0 radical (unpaired) electrons. The van der Waals surface area contributed by atoms with Gasteiger partial charge in [-0.2, -0.15) is 0 Å². The zero-order valence-electron chi connectivity index (χ0n) is 17.1. The minimum absolute atomic E-state index is 0.132. The molecule has 7 nitrogen and oxygen atoms in total. The summed E-state index contributed by atoms with van der Waals surface area (Å²) in [5.41, 5.74) is 2.78. The summed E-state index contributed by atoms with van der Waals surface area (Å²) in [5.74, 6) is 1.69. The molecule has 0 saturated heterocycles. The minimum Gasteiger partial charge on any atom is -0.497 e. The third-order valence-corrected chi connectivity index (χ3v) is 6.26. The molecule has 4 aromatic rings. The van der Waals surface area contributed by atoms with Crippen molar-refractivity contribution in [2.24, 2.45) is 0 Å².